The minimum atomic E-state index is -0.688. The van der Waals surface area contributed by atoms with Gasteiger partial charge in [-0.3, -0.25) is 4.79 Å². The minimum absolute atomic E-state index is 0.175. The van der Waals surface area contributed by atoms with E-state index in [-0.39, 0.29) is 13.2 Å². The zero-order chi connectivity index (χ0) is 18.1. The van der Waals surface area contributed by atoms with E-state index in [0.717, 1.165) is 41.1 Å². The lowest BCUT2D eigenvalue weighted by atomic mass is 9.95. The van der Waals surface area contributed by atoms with Crippen molar-refractivity contribution in [3.05, 3.63) is 40.5 Å². The van der Waals surface area contributed by atoms with Gasteiger partial charge in [-0.2, -0.15) is 0 Å². The number of thiophene rings is 1. The number of carbonyl (C=O) groups excluding carboxylic acids is 3. The first-order chi connectivity index (χ1) is 12.6. The molecule has 2 aliphatic rings. The van der Waals surface area contributed by atoms with Gasteiger partial charge in [0.05, 0.1) is 12.1 Å². The Bertz CT molecular complexity index is 855. The summed E-state index contributed by atoms with van der Waals surface area (Å²) in [5, 5.41) is 0.819. The molecule has 1 aliphatic heterocycles. The third kappa shape index (κ3) is 3.01. The second-order valence-electron chi connectivity index (χ2n) is 6.22. The largest absolute Gasteiger partial charge is 0.452 e. The molecule has 4 rings (SSSR count). The predicted molar refractivity (Wildman–Crippen MR) is 93.6 cm³/mol. The van der Waals surface area contributed by atoms with Gasteiger partial charge in [0, 0.05) is 17.3 Å². The quantitative estimate of drug-likeness (QED) is 0.769. The molecule has 7 nitrogen and oxygen atoms in total. The predicted octanol–water partition coefficient (Wildman–Crippen LogP) is 2.55. The maximum Gasteiger partial charge on any atom is 0.416 e. The number of cyclic esters (lactones) is 1. The Morgan fingerprint density at radius 3 is 2.69 bits per heavy atom. The van der Waals surface area contributed by atoms with Crippen molar-refractivity contribution in [2.45, 2.75) is 25.7 Å². The van der Waals surface area contributed by atoms with Gasteiger partial charge >= 0.3 is 12.1 Å². The normalized spacial score (nSPS) is 16.3. The molecule has 0 N–H and O–H groups in total. The molecule has 0 radical (unpaired) electrons. The average molecular weight is 374 g/mol. The van der Waals surface area contributed by atoms with Crippen molar-refractivity contribution in [3.63, 3.8) is 0 Å². The number of imide groups is 1. The SMILES string of the molecule is O=C(OCC(=O)N1CCOC1=O)c1c(-n2cccc2)sc2c1CCCC2. The van der Waals surface area contributed by atoms with Crippen LogP contribution in [0.1, 0.15) is 33.6 Å². The molecule has 0 saturated carbocycles. The van der Waals surface area contributed by atoms with Crippen molar-refractivity contribution in [3.8, 4) is 5.00 Å². The number of amides is 2. The molecule has 2 aromatic rings. The highest BCUT2D eigenvalue weighted by molar-refractivity contribution is 7.15. The van der Waals surface area contributed by atoms with E-state index in [9.17, 15) is 14.4 Å². The van der Waals surface area contributed by atoms with Crippen LogP contribution in [0, 0.1) is 0 Å². The van der Waals surface area contributed by atoms with E-state index in [2.05, 4.69) is 0 Å². The third-order valence-corrected chi connectivity index (χ3v) is 5.89. The van der Waals surface area contributed by atoms with E-state index >= 15 is 0 Å². The Morgan fingerprint density at radius 2 is 1.96 bits per heavy atom. The van der Waals surface area contributed by atoms with Crippen LogP contribution in [0.5, 0.6) is 0 Å². The fourth-order valence-corrected chi connectivity index (χ4v) is 4.65. The standard InChI is InChI=1S/C18H18N2O5S/c21-14(20-9-10-24-18(20)23)11-25-17(22)15-12-5-1-2-6-13(12)26-16(15)19-7-3-4-8-19/h3-4,7-8H,1-2,5-6,9-11H2. The molecular weight excluding hydrogens is 356 g/mol. The first kappa shape index (κ1) is 16.8. The number of carbonyl (C=O) groups is 3. The molecule has 0 aromatic carbocycles. The van der Waals surface area contributed by atoms with Gasteiger partial charge in [-0.15, -0.1) is 11.3 Å². The fourth-order valence-electron chi connectivity index (χ4n) is 3.31. The number of hydrogen-bond acceptors (Lipinski definition) is 6. The Balaban J connectivity index is 1.56. The summed E-state index contributed by atoms with van der Waals surface area (Å²) in [6.45, 7) is -0.101. The molecule has 3 heterocycles. The molecule has 8 heteroatoms. The number of rotatable bonds is 4. The lowest BCUT2D eigenvalue weighted by molar-refractivity contribution is -0.131. The van der Waals surface area contributed by atoms with Crippen LogP contribution < -0.4 is 0 Å². The van der Waals surface area contributed by atoms with Gasteiger partial charge in [0.1, 0.15) is 11.6 Å². The van der Waals surface area contributed by atoms with Crippen LogP contribution in [0.15, 0.2) is 24.5 Å². The summed E-state index contributed by atoms with van der Waals surface area (Å²) in [4.78, 5) is 38.5. The zero-order valence-electron chi connectivity index (χ0n) is 14.1. The summed E-state index contributed by atoms with van der Waals surface area (Å²) in [7, 11) is 0. The highest BCUT2D eigenvalue weighted by atomic mass is 32.1. The van der Waals surface area contributed by atoms with Gasteiger partial charge in [-0.05, 0) is 43.4 Å². The Morgan fingerprint density at radius 1 is 1.19 bits per heavy atom. The van der Waals surface area contributed by atoms with Gasteiger partial charge in [-0.25, -0.2) is 14.5 Å². The summed E-state index contributed by atoms with van der Waals surface area (Å²) in [5.41, 5.74) is 1.57. The number of ether oxygens (including phenoxy) is 2. The first-order valence-electron chi connectivity index (χ1n) is 8.57. The van der Waals surface area contributed by atoms with Gasteiger partial charge in [0.25, 0.3) is 5.91 Å². The summed E-state index contributed by atoms with van der Waals surface area (Å²) < 4.78 is 11.9. The molecule has 2 amide bonds. The van der Waals surface area contributed by atoms with Crippen LogP contribution in [0.4, 0.5) is 4.79 Å². The lowest BCUT2D eigenvalue weighted by Gasteiger charge is -2.14. The third-order valence-electron chi connectivity index (χ3n) is 4.58. The van der Waals surface area contributed by atoms with Crippen molar-refractivity contribution in [1.82, 2.24) is 9.47 Å². The van der Waals surface area contributed by atoms with Gasteiger partial charge in [-0.1, -0.05) is 0 Å². The van der Waals surface area contributed by atoms with Crippen molar-refractivity contribution >= 4 is 29.3 Å². The molecule has 1 saturated heterocycles. The van der Waals surface area contributed by atoms with Crippen LogP contribution in [0.25, 0.3) is 5.00 Å². The van der Waals surface area contributed by atoms with E-state index in [1.807, 2.05) is 29.1 Å². The first-order valence-corrected chi connectivity index (χ1v) is 9.39. The van der Waals surface area contributed by atoms with Crippen LogP contribution in [-0.4, -0.2) is 47.2 Å². The summed E-state index contributed by atoms with van der Waals surface area (Å²) in [6, 6.07) is 3.80. The second kappa shape index (κ2) is 6.95. The Hall–Kier alpha value is -2.61. The maximum absolute atomic E-state index is 12.8. The average Bonchev–Trinajstić information content (AvgIpc) is 3.37. The van der Waals surface area contributed by atoms with Crippen LogP contribution in [-0.2, 0) is 27.1 Å². The molecular formula is C18H18N2O5S. The maximum atomic E-state index is 12.8. The Labute approximate surface area is 154 Å². The van der Waals surface area contributed by atoms with Crippen LogP contribution >= 0.6 is 11.3 Å². The topological polar surface area (TPSA) is 77.8 Å². The summed E-state index contributed by atoms with van der Waals surface area (Å²) in [6.07, 6.45) is 7.03. The van der Waals surface area contributed by atoms with Gasteiger partial charge in [0.2, 0.25) is 0 Å². The fraction of sp³-hybridized carbons (Fsp3) is 0.389. The smallest absolute Gasteiger partial charge is 0.416 e. The number of fused-ring (bicyclic) bond motifs is 1. The Kier molecular flexibility index (Phi) is 4.50. The summed E-state index contributed by atoms with van der Waals surface area (Å²) in [5.74, 6) is -1.08. The van der Waals surface area contributed by atoms with Crippen molar-refractivity contribution in [2.75, 3.05) is 19.8 Å². The van der Waals surface area contributed by atoms with E-state index in [1.54, 1.807) is 11.3 Å². The molecule has 136 valence electrons. The number of esters is 1. The zero-order valence-corrected chi connectivity index (χ0v) is 14.9. The number of nitrogens with zero attached hydrogens (tertiary/aromatic N) is 2. The van der Waals surface area contributed by atoms with Gasteiger partial charge < -0.3 is 14.0 Å². The van der Waals surface area contributed by atoms with Crippen LogP contribution in [0.3, 0.4) is 0 Å². The second-order valence-corrected chi connectivity index (χ2v) is 7.30. The molecule has 1 aliphatic carbocycles. The van der Waals surface area contributed by atoms with Crippen molar-refractivity contribution in [1.29, 1.82) is 0 Å². The van der Waals surface area contributed by atoms with E-state index < -0.39 is 24.6 Å². The monoisotopic (exact) mass is 374 g/mol. The molecule has 0 unspecified atom stereocenters. The van der Waals surface area contributed by atoms with Crippen molar-refractivity contribution < 1.29 is 23.9 Å². The van der Waals surface area contributed by atoms with E-state index in [1.165, 1.54) is 4.88 Å². The molecule has 0 spiro atoms. The summed E-state index contributed by atoms with van der Waals surface area (Å²) >= 11 is 1.60. The van der Waals surface area contributed by atoms with Gasteiger partial charge in [0.15, 0.2) is 6.61 Å². The molecule has 2 aromatic heterocycles. The van der Waals surface area contributed by atoms with Crippen molar-refractivity contribution in [2.24, 2.45) is 0 Å². The highest BCUT2D eigenvalue weighted by Crippen LogP contribution is 2.37. The molecule has 0 atom stereocenters. The van der Waals surface area contributed by atoms with Crippen LogP contribution in [0.2, 0.25) is 0 Å². The molecule has 26 heavy (non-hydrogen) atoms. The molecule has 1 fully saturated rings. The highest BCUT2D eigenvalue weighted by Gasteiger charge is 2.31. The number of hydrogen-bond donors (Lipinski definition) is 0. The lowest BCUT2D eigenvalue weighted by Crippen LogP contribution is -2.35. The van der Waals surface area contributed by atoms with E-state index in [4.69, 9.17) is 9.47 Å². The number of aromatic nitrogens is 1. The molecule has 0 bridgehead atoms. The number of aryl methyl sites for hydroxylation is 1. The van der Waals surface area contributed by atoms with E-state index in [0.29, 0.717) is 5.56 Å². The minimum Gasteiger partial charge on any atom is -0.452 e.